The molecule has 0 spiro atoms. The number of nitrogens with one attached hydrogen (secondary N) is 2. The lowest BCUT2D eigenvalue weighted by Crippen LogP contribution is -2.12. The summed E-state index contributed by atoms with van der Waals surface area (Å²) >= 11 is 0. The van der Waals surface area contributed by atoms with E-state index in [4.69, 9.17) is 4.74 Å². The smallest absolute Gasteiger partial charge is 0.163 e. The van der Waals surface area contributed by atoms with E-state index in [0.717, 1.165) is 33.8 Å². The van der Waals surface area contributed by atoms with Crippen LogP contribution in [0.15, 0.2) is 6.20 Å². The molecule has 0 fully saturated rings. The van der Waals surface area contributed by atoms with Crippen molar-refractivity contribution in [2.45, 2.75) is 33.4 Å². The summed E-state index contributed by atoms with van der Waals surface area (Å²) in [5.41, 5.74) is 3.96. The number of nitrogens with zero attached hydrogens (tertiary/aromatic N) is 5. The maximum Gasteiger partial charge on any atom is 0.163 e. The minimum Gasteiger partial charge on any atom is -0.377 e. The molecular formula is C15H21N7O. The summed E-state index contributed by atoms with van der Waals surface area (Å²) in [6.45, 7) is 6.45. The number of hydrogen-bond acceptors (Lipinski definition) is 6. The molecule has 0 amide bonds. The highest BCUT2D eigenvalue weighted by atomic mass is 16.5. The van der Waals surface area contributed by atoms with Crippen molar-refractivity contribution in [2.75, 3.05) is 12.4 Å². The molecular weight excluding hydrogens is 294 g/mol. The normalized spacial score (nSPS) is 12.7. The SMILES string of the molecule is COCc1nc(N[C@@H](C)c2c(C)n[nH]c2C)c2cnn(C)c2n1. The molecule has 8 nitrogen and oxygen atoms in total. The van der Waals surface area contributed by atoms with Crippen molar-refractivity contribution < 1.29 is 4.74 Å². The number of aromatic amines is 1. The second-order valence-corrected chi connectivity index (χ2v) is 5.64. The van der Waals surface area contributed by atoms with Crippen LogP contribution in [0.5, 0.6) is 0 Å². The zero-order valence-electron chi connectivity index (χ0n) is 14.0. The molecule has 1 atom stereocenters. The predicted molar refractivity (Wildman–Crippen MR) is 87.1 cm³/mol. The van der Waals surface area contributed by atoms with Crippen molar-refractivity contribution in [3.8, 4) is 0 Å². The van der Waals surface area contributed by atoms with Crippen LogP contribution in [0.2, 0.25) is 0 Å². The average molecular weight is 315 g/mol. The first-order valence-corrected chi connectivity index (χ1v) is 7.46. The fourth-order valence-electron chi connectivity index (χ4n) is 2.85. The zero-order valence-corrected chi connectivity index (χ0v) is 14.0. The number of aryl methyl sites for hydroxylation is 3. The molecule has 2 N–H and O–H groups in total. The predicted octanol–water partition coefficient (Wildman–Crippen LogP) is 2.02. The van der Waals surface area contributed by atoms with Gasteiger partial charge in [-0.05, 0) is 20.8 Å². The number of H-pyrrole nitrogens is 1. The topological polar surface area (TPSA) is 93.5 Å². The fraction of sp³-hybridized carbons (Fsp3) is 0.467. The molecule has 122 valence electrons. The fourth-order valence-corrected chi connectivity index (χ4v) is 2.85. The number of fused-ring (bicyclic) bond motifs is 1. The molecule has 0 aliphatic heterocycles. The zero-order chi connectivity index (χ0) is 16.6. The van der Waals surface area contributed by atoms with Crippen LogP contribution in [-0.4, -0.2) is 37.1 Å². The number of rotatable bonds is 5. The van der Waals surface area contributed by atoms with Gasteiger partial charge < -0.3 is 10.1 Å². The van der Waals surface area contributed by atoms with E-state index in [9.17, 15) is 0 Å². The van der Waals surface area contributed by atoms with Gasteiger partial charge in [0, 0.05) is 25.4 Å². The van der Waals surface area contributed by atoms with Gasteiger partial charge in [0.15, 0.2) is 11.5 Å². The van der Waals surface area contributed by atoms with Gasteiger partial charge in [-0.1, -0.05) is 0 Å². The third kappa shape index (κ3) is 2.77. The Balaban J connectivity index is 2.01. The molecule has 23 heavy (non-hydrogen) atoms. The maximum atomic E-state index is 5.17. The third-order valence-corrected chi connectivity index (χ3v) is 3.88. The molecule has 3 aromatic rings. The Bertz CT molecular complexity index is 816. The minimum atomic E-state index is 0.0578. The first-order chi connectivity index (χ1) is 11.0. The van der Waals surface area contributed by atoms with Crippen molar-refractivity contribution in [3.63, 3.8) is 0 Å². The highest BCUT2D eigenvalue weighted by Gasteiger charge is 2.18. The van der Waals surface area contributed by atoms with Gasteiger partial charge in [0.05, 0.1) is 23.3 Å². The van der Waals surface area contributed by atoms with Gasteiger partial charge in [-0.25, -0.2) is 9.97 Å². The number of anilines is 1. The lowest BCUT2D eigenvalue weighted by Gasteiger charge is -2.16. The standard InChI is InChI=1S/C15H21N7O/c1-8(13-9(2)20-21-10(13)3)17-14-11-6-16-22(4)15(11)19-12(18-14)7-23-5/h6,8H,7H2,1-5H3,(H,20,21)(H,17,18,19)/t8-/m0/s1. The molecule has 0 unspecified atom stereocenters. The van der Waals surface area contributed by atoms with Crippen molar-refractivity contribution in [3.05, 3.63) is 29.0 Å². The van der Waals surface area contributed by atoms with Crippen LogP contribution < -0.4 is 5.32 Å². The summed E-state index contributed by atoms with van der Waals surface area (Å²) in [5, 5.41) is 15.9. The molecule has 0 aliphatic carbocycles. The Hall–Kier alpha value is -2.48. The van der Waals surface area contributed by atoms with Gasteiger partial charge in [0.25, 0.3) is 0 Å². The highest BCUT2D eigenvalue weighted by molar-refractivity contribution is 5.86. The molecule has 0 saturated heterocycles. The van der Waals surface area contributed by atoms with Crippen LogP contribution in [0.1, 0.15) is 35.7 Å². The van der Waals surface area contributed by atoms with Crippen molar-refractivity contribution in [1.29, 1.82) is 0 Å². The van der Waals surface area contributed by atoms with Crippen LogP contribution >= 0.6 is 0 Å². The first-order valence-electron chi connectivity index (χ1n) is 7.46. The average Bonchev–Trinajstić information content (AvgIpc) is 3.03. The highest BCUT2D eigenvalue weighted by Crippen LogP contribution is 2.27. The Morgan fingerprint density at radius 3 is 2.78 bits per heavy atom. The van der Waals surface area contributed by atoms with E-state index in [2.05, 4.69) is 37.5 Å². The minimum absolute atomic E-state index is 0.0578. The van der Waals surface area contributed by atoms with E-state index < -0.39 is 0 Å². The van der Waals surface area contributed by atoms with E-state index in [1.54, 1.807) is 18.0 Å². The van der Waals surface area contributed by atoms with Crippen LogP contribution in [0.4, 0.5) is 5.82 Å². The third-order valence-electron chi connectivity index (χ3n) is 3.88. The van der Waals surface area contributed by atoms with Gasteiger partial charge in [-0.2, -0.15) is 10.2 Å². The lowest BCUT2D eigenvalue weighted by molar-refractivity contribution is 0.178. The van der Waals surface area contributed by atoms with Crippen molar-refractivity contribution in [1.82, 2.24) is 29.9 Å². The number of ether oxygens (including phenoxy) is 1. The summed E-state index contributed by atoms with van der Waals surface area (Å²) < 4.78 is 6.90. The van der Waals surface area contributed by atoms with E-state index in [-0.39, 0.29) is 6.04 Å². The summed E-state index contributed by atoms with van der Waals surface area (Å²) in [7, 11) is 3.49. The van der Waals surface area contributed by atoms with E-state index in [1.165, 1.54) is 0 Å². The van der Waals surface area contributed by atoms with Gasteiger partial charge >= 0.3 is 0 Å². The Morgan fingerprint density at radius 1 is 1.35 bits per heavy atom. The molecule has 3 aromatic heterocycles. The molecule has 8 heteroatoms. The summed E-state index contributed by atoms with van der Waals surface area (Å²) in [4.78, 5) is 9.08. The van der Waals surface area contributed by atoms with Crippen LogP contribution in [0.25, 0.3) is 11.0 Å². The number of hydrogen-bond donors (Lipinski definition) is 2. The Kier molecular flexibility index (Phi) is 3.99. The maximum absolute atomic E-state index is 5.17. The molecule has 3 heterocycles. The van der Waals surface area contributed by atoms with Crippen LogP contribution in [0.3, 0.4) is 0 Å². The largest absolute Gasteiger partial charge is 0.377 e. The van der Waals surface area contributed by atoms with E-state index >= 15 is 0 Å². The monoisotopic (exact) mass is 315 g/mol. The summed E-state index contributed by atoms with van der Waals surface area (Å²) in [5.74, 6) is 1.38. The quantitative estimate of drug-likeness (QED) is 0.748. The van der Waals surface area contributed by atoms with Gasteiger partial charge in [-0.3, -0.25) is 9.78 Å². The second kappa shape index (κ2) is 5.96. The molecule has 0 saturated carbocycles. The van der Waals surface area contributed by atoms with Gasteiger partial charge in [0.2, 0.25) is 0 Å². The molecule has 0 bridgehead atoms. The van der Waals surface area contributed by atoms with E-state index in [1.807, 2.05) is 20.9 Å². The number of aromatic nitrogens is 6. The van der Waals surface area contributed by atoms with Crippen molar-refractivity contribution >= 4 is 16.9 Å². The van der Waals surface area contributed by atoms with Crippen molar-refractivity contribution in [2.24, 2.45) is 7.05 Å². The number of methoxy groups -OCH3 is 1. The van der Waals surface area contributed by atoms with E-state index in [0.29, 0.717) is 12.4 Å². The Morgan fingerprint density at radius 2 is 2.13 bits per heavy atom. The second-order valence-electron chi connectivity index (χ2n) is 5.64. The first kappa shape index (κ1) is 15.4. The Labute approximate surface area is 134 Å². The molecule has 0 aromatic carbocycles. The van der Waals surface area contributed by atoms with Crippen LogP contribution in [-0.2, 0) is 18.4 Å². The molecule has 0 aliphatic rings. The summed E-state index contributed by atoms with van der Waals surface area (Å²) in [6.07, 6.45) is 1.77. The van der Waals surface area contributed by atoms with Gasteiger partial charge in [0.1, 0.15) is 12.4 Å². The molecule has 0 radical (unpaired) electrons. The molecule has 3 rings (SSSR count). The van der Waals surface area contributed by atoms with Crippen LogP contribution in [0, 0.1) is 13.8 Å². The lowest BCUT2D eigenvalue weighted by atomic mass is 10.1. The van der Waals surface area contributed by atoms with Gasteiger partial charge in [-0.15, -0.1) is 0 Å². The summed E-state index contributed by atoms with van der Waals surface area (Å²) in [6, 6.07) is 0.0578.